The molecule has 0 bridgehead atoms. The van der Waals surface area contributed by atoms with Crippen LogP contribution in [0.4, 0.5) is 5.82 Å². The van der Waals surface area contributed by atoms with Crippen LogP contribution in [0.15, 0.2) is 36.8 Å². The van der Waals surface area contributed by atoms with Gasteiger partial charge in [0.2, 0.25) is 0 Å². The number of fused-ring (bicyclic) bond motifs is 1. The fourth-order valence-electron chi connectivity index (χ4n) is 1.92. The topological polar surface area (TPSA) is 55.6 Å². The molecule has 0 fully saturated rings. The van der Waals surface area contributed by atoms with Crippen LogP contribution in [-0.4, -0.2) is 26.3 Å². The Morgan fingerprint density at radius 2 is 2.00 bits per heavy atom. The zero-order valence-corrected chi connectivity index (χ0v) is 11.1. The first-order chi connectivity index (χ1) is 9.29. The van der Waals surface area contributed by atoms with Gasteiger partial charge in [0.1, 0.15) is 12.1 Å². The van der Waals surface area contributed by atoms with E-state index in [4.69, 9.17) is 11.6 Å². The van der Waals surface area contributed by atoms with Gasteiger partial charge in [-0.2, -0.15) is 5.10 Å². The molecule has 0 spiro atoms. The number of benzene rings is 1. The van der Waals surface area contributed by atoms with Crippen molar-refractivity contribution in [1.82, 2.24) is 19.7 Å². The average molecular weight is 274 g/mol. The zero-order chi connectivity index (χ0) is 13.2. The summed E-state index contributed by atoms with van der Waals surface area (Å²) in [5, 5.41) is 9.17. The number of hydrogen-bond donors (Lipinski definition) is 1. The molecule has 1 aromatic carbocycles. The maximum atomic E-state index is 5.89. The molecule has 0 aliphatic heterocycles. The molecule has 0 unspecified atom stereocenters. The van der Waals surface area contributed by atoms with Gasteiger partial charge >= 0.3 is 0 Å². The Labute approximate surface area is 115 Å². The van der Waals surface area contributed by atoms with E-state index in [0.717, 1.165) is 29.1 Å². The van der Waals surface area contributed by atoms with Gasteiger partial charge in [-0.15, -0.1) is 0 Å². The molecule has 0 saturated carbocycles. The summed E-state index contributed by atoms with van der Waals surface area (Å²) in [7, 11) is 0. The lowest BCUT2D eigenvalue weighted by atomic mass is 10.3. The normalized spacial score (nSPS) is 10.8. The Bertz CT molecular complexity index is 705. The number of aromatic nitrogens is 4. The minimum atomic E-state index is 0.697. The summed E-state index contributed by atoms with van der Waals surface area (Å²) in [6.45, 7) is 2.83. The Balaban J connectivity index is 2.15. The van der Waals surface area contributed by atoms with Crippen LogP contribution < -0.4 is 5.32 Å². The number of halogens is 1. The van der Waals surface area contributed by atoms with Crippen molar-refractivity contribution >= 4 is 28.5 Å². The van der Waals surface area contributed by atoms with Crippen molar-refractivity contribution in [2.75, 3.05) is 11.9 Å². The van der Waals surface area contributed by atoms with Gasteiger partial charge in [0.05, 0.1) is 17.3 Å². The number of nitrogens with one attached hydrogen (secondary N) is 1. The lowest BCUT2D eigenvalue weighted by Gasteiger charge is -2.04. The van der Waals surface area contributed by atoms with Gasteiger partial charge in [-0.1, -0.05) is 11.6 Å². The average Bonchev–Trinajstić information content (AvgIpc) is 2.85. The van der Waals surface area contributed by atoms with E-state index in [-0.39, 0.29) is 0 Å². The van der Waals surface area contributed by atoms with Gasteiger partial charge in [0.25, 0.3) is 0 Å². The standard InChI is InChI=1S/C13H12ClN5/c1-2-15-12-11-7-18-19(13(11)17-8-16-12)10-5-3-9(14)4-6-10/h3-8H,2H2,1H3,(H,15,16,17). The number of nitrogens with zero attached hydrogens (tertiary/aromatic N) is 4. The number of hydrogen-bond acceptors (Lipinski definition) is 4. The maximum absolute atomic E-state index is 5.89. The van der Waals surface area contributed by atoms with Crippen molar-refractivity contribution in [2.45, 2.75) is 6.92 Å². The SMILES string of the molecule is CCNc1ncnc2c1cnn2-c1ccc(Cl)cc1. The Kier molecular flexibility index (Phi) is 3.05. The van der Waals surface area contributed by atoms with E-state index < -0.39 is 0 Å². The van der Waals surface area contributed by atoms with Gasteiger partial charge in [-0.25, -0.2) is 14.6 Å². The molecule has 19 heavy (non-hydrogen) atoms. The van der Waals surface area contributed by atoms with Crippen LogP contribution in [0.25, 0.3) is 16.7 Å². The third-order valence-corrected chi connectivity index (χ3v) is 3.03. The van der Waals surface area contributed by atoms with Crippen molar-refractivity contribution in [3.63, 3.8) is 0 Å². The highest BCUT2D eigenvalue weighted by molar-refractivity contribution is 6.30. The van der Waals surface area contributed by atoms with Gasteiger partial charge in [0, 0.05) is 11.6 Å². The van der Waals surface area contributed by atoms with E-state index in [0.29, 0.717) is 5.02 Å². The molecule has 5 nitrogen and oxygen atoms in total. The molecular formula is C13H12ClN5. The fourth-order valence-corrected chi connectivity index (χ4v) is 2.05. The highest BCUT2D eigenvalue weighted by Crippen LogP contribution is 2.22. The Morgan fingerprint density at radius 1 is 1.21 bits per heavy atom. The van der Waals surface area contributed by atoms with Crippen LogP contribution in [0.5, 0.6) is 0 Å². The molecule has 2 heterocycles. The summed E-state index contributed by atoms with van der Waals surface area (Å²) in [4.78, 5) is 8.52. The summed E-state index contributed by atoms with van der Waals surface area (Å²) >= 11 is 5.89. The predicted octanol–water partition coefficient (Wildman–Crippen LogP) is 2.90. The number of rotatable bonds is 3. The highest BCUT2D eigenvalue weighted by atomic mass is 35.5. The van der Waals surface area contributed by atoms with E-state index in [9.17, 15) is 0 Å². The Hall–Kier alpha value is -2.14. The van der Waals surface area contributed by atoms with E-state index in [1.54, 1.807) is 10.9 Å². The van der Waals surface area contributed by atoms with E-state index in [2.05, 4.69) is 20.4 Å². The van der Waals surface area contributed by atoms with Gasteiger partial charge < -0.3 is 5.32 Å². The van der Waals surface area contributed by atoms with Crippen molar-refractivity contribution < 1.29 is 0 Å². The largest absolute Gasteiger partial charge is 0.370 e. The van der Waals surface area contributed by atoms with Gasteiger partial charge in [-0.05, 0) is 31.2 Å². The van der Waals surface area contributed by atoms with E-state index >= 15 is 0 Å². The van der Waals surface area contributed by atoms with Crippen LogP contribution in [0.2, 0.25) is 5.02 Å². The Morgan fingerprint density at radius 3 is 2.74 bits per heavy atom. The van der Waals surface area contributed by atoms with Crippen molar-refractivity contribution in [3.05, 3.63) is 41.8 Å². The molecule has 0 aliphatic rings. The fraction of sp³-hybridized carbons (Fsp3) is 0.154. The molecule has 0 aliphatic carbocycles. The lowest BCUT2D eigenvalue weighted by molar-refractivity contribution is 0.895. The molecule has 6 heteroatoms. The van der Waals surface area contributed by atoms with E-state index in [1.807, 2.05) is 31.2 Å². The second-order valence-corrected chi connectivity index (χ2v) is 4.46. The molecule has 1 N–H and O–H groups in total. The van der Waals surface area contributed by atoms with Gasteiger partial charge in [0.15, 0.2) is 5.65 Å². The molecule has 96 valence electrons. The van der Waals surface area contributed by atoms with Crippen molar-refractivity contribution in [3.8, 4) is 5.69 Å². The summed E-state index contributed by atoms with van der Waals surface area (Å²) < 4.78 is 1.77. The summed E-state index contributed by atoms with van der Waals surface area (Å²) in [6.07, 6.45) is 3.30. The molecule has 2 aromatic heterocycles. The minimum absolute atomic E-state index is 0.697. The van der Waals surface area contributed by atoms with Crippen molar-refractivity contribution in [1.29, 1.82) is 0 Å². The summed E-state index contributed by atoms with van der Waals surface area (Å²) in [6, 6.07) is 7.47. The van der Waals surface area contributed by atoms with Crippen molar-refractivity contribution in [2.24, 2.45) is 0 Å². The maximum Gasteiger partial charge on any atom is 0.168 e. The predicted molar refractivity (Wildman–Crippen MR) is 75.8 cm³/mol. The first-order valence-electron chi connectivity index (χ1n) is 5.98. The molecule has 0 amide bonds. The van der Waals surface area contributed by atoms with E-state index in [1.165, 1.54) is 6.33 Å². The first-order valence-corrected chi connectivity index (χ1v) is 6.36. The summed E-state index contributed by atoms with van der Waals surface area (Å²) in [5.74, 6) is 0.799. The smallest absolute Gasteiger partial charge is 0.168 e. The third-order valence-electron chi connectivity index (χ3n) is 2.78. The van der Waals surface area contributed by atoms with Crippen LogP contribution >= 0.6 is 11.6 Å². The lowest BCUT2D eigenvalue weighted by Crippen LogP contribution is -2.01. The van der Waals surface area contributed by atoms with Crippen LogP contribution in [0, 0.1) is 0 Å². The quantitative estimate of drug-likeness (QED) is 0.797. The molecule has 3 rings (SSSR count). The highest BCUT2D eigenvalue weighted by Gasteiger charge is 2.10. The molecule has 0 radical (unpaired) electrons. The van der Waals surface area contributed by atoms with Gasteiger partial charge in [-0.3, -0.25) is 0 Å². The van der Waals surface area contributed by atoms with Crippen LogP contribution in [0.1, 0.15) is 6.92 Å². The van der Waals surface area contributed by atoms with Crippen LogP contribution in [-0.2, 0) is 0 Å². The second kappa shape index (κ2) is 4.85. The van der Waals surface area contributed by atoms with Crippen LogP contribution in [0.3, 0.4) is 0 Å². The monoisotopic (exact) mass is 273 g/mol. The molecular weight excluding hydrogens is 262 g/mol. The third kappa shape index (κ3) is 2.13. The molecule has 0 saturated heterocycles. The summed E-state index contributed by atoms with van der Waals surface area (Å²) in [5.41, 5.74) is 1.69. The molecule has 3 aromatic rings. The number of anilines is 1. The first kappa shape index (κ1) is 11.9. The zero-order valence-electron chi connectivity index (χ0n) is 10.3. The molecule has 0 atom stereocenters. The minimum Gasteiger partial charge on any atom is -0.370 e. The second-order valence-electron chi connectivity index (χ2n) is 4.02.